The largest absolute Gasteiger partial charge is 0.573 e. The maximum Gasteiger partial charge on any atom is 0.573 e. The van der Waals surface area contributed by atoms with Crippen molar-refractivity contribution in [1.82, 2.24) is 9.97 Å². The Kier molecular flexibility index (Phi) is 7.67. The number of nitrogens with zero attached hydrogens (tertiary/aromatic N) is 2. The Morgan fingerprint density at radius 3 is 2.36 bits per heavy atom. The van der Waals surface area contributed by atoms with Crippen molar-refractivity contribution in [2.45, 2.75) is 39.0 Å². The fourth-order valence-corrected chi connectivity index (χ4v) is 3.73. The number of hydrogen-bond acceptors (Lipinski definition) is 4. The summed E-state index contributed by atoms with van der Waals surface area (Å²) in [6.45, 7) is 2.68. The fraction of sp³-hybridized carbons (Fsp3) is 0.259. The highest BCUT2D eigenvalue weighted by molar-refractivity contribution is 5.87. The number of fused-ring (bicyclic) bond motifs is 1. The van der Waals surface area contributed by atoms with Gasteiger partial charge in [-0.05, 0) is 54.0 Å². The molecule has 0 saturated carbocycles. The summed E-state index contributed by atoms with van der Waals surface area (Å²) in [5, 5.41) is 1.08. The molecule has 0 atom stereocenters. The van der Waals surface area contributed by atoms with Crippen molar-refractivity contribution < 1.29 is 31.4 Å². The number of rotatable bonds is 9. The molecule has 1 aromatic heterocycles. The van der Waals surface area contributed by atoms with Gasteiger partial charge >= 0.3 is 6.36 Å². The molecule has 4 nitrogen and oxygen atoms in total. The molecule has 0 fully saturated rings. The molecule has 188 valence electrons. The van der Waals surface area contributed by atoms with Crippen molar-refractivity contribution >= 4 is 10.8 Å². The zero-order valence-electron chi connectivity index (χ0n) is 19.4. The maximum absolute atomic E-state index is 15.2. The molecular formula is C27H23F5N2O2. The molecular weight excluding hydrogens is 479 g/mol. The number of benzene rings is 3. The minimum absolute atomic E-state index is 0.240. The van der Waals surface area contributed by atoms with Crippen LogP contribution in [0.2, 0.25) is 0 Å². The third-order valence-electron chi connectivity index (χ3n) is 5.59. The second-order valence-electron chi connectivity index (χ2n) is 8.23. The molecule has 3 aromatic carbocycles. The number of halogens is 5. The van der Waals surface area contributed by atoms with Gasteiger partial charge < -0.3 is 9.47 Å². The van der Waals surface area contributed by atoms with E-state index in [9.17, 15) is 17.6 Å². The first-order valence-corrected chi connectivity index (χ1v) is 11.4. The Labute approximate surface area is 204 Å². The molecule has 9 heteroatoms. The number of aromatic nitrogens is 2. The average Bonchev–Trinajstić information content (AvgIpc) is 2.85. The molecule has 0 aliphatic heterocycles. The van der Waals surface area contributed by atoms with Crippen LogP contribution in [0.4, 0.5) is 22.0 Å². The zero-order chi connectivity index (χ0) is 25.7. The normalized spacial score (nSPS) is 11.6. The molecule has 0 amide bonds. The van der Waals surface area contributed by atoms with E-state index in [2.05, 4.69) is 21.6 Å². The average molecular weight is 502 g/mol. The number of alkyl halides is 3. The SMILES string of the molecule is CCCCOc1cnc(-c2ccc3c(F)c(CCc4ccc(OC(F)(F)F)c(F)c4)ccc3c2)nc1. The van der Waals surface area contributed by atoms with E-state index in [-0.39, 0.29) is 12.8 Å². The lowest BCUT2D eigenvalue weighted by Gasteiger charge is -2.11. The van der Waals surface area contributed by atoms with Crippen molar-refractivity contribution in [3.63, 3.8) is 0 Å². The second kappa shape index (κ2) is 10.9. The maximum atomic E-state index is 15.2. The van der Waals surface area contributed by atoms with Crippen molar-refractivity contribution in [2.75, 3.05) is 6.61 Å². The molecule has 36 heavy (non-hydrogen) atoms. The van der Waals surface area contributed by atoms with Gasteiger partial charge in [-0.2, -0.15) is 0 Å². The van der Waals surface area contributed by atoms with Gasteiger partial charge in [0, 0.05) is 10.9 Å². The first-order valence-electron chi connectivity index (χ1n) is 11.4. The summed E-state index contributed by atoms with van der Waals surface area (Å²) < 4.78 is 75.3. The molecule has 0 aliphatic carbocycles. The van der Waals surface area contributed by atoms with E-state index in [1.807, 2.05) is 0 Å². The van der Waals surface area contributed by atoms with Gasteiger partial charge in [0.25, 0.3) is 0 Å². The highest BCUT2D eigenvalue weighted by Crippen LogP contribution is 2.29. The van der Waals surface area contributed by atoms with Crippen LogP contribution in [0.25, 0.3) is 22.2 Å². The Morgan fingerprint density at radius 1 is 0.889 bits per heavy atom. The third-order valence-corrected chi connectivity index (χ3v) is 5.59. The molecule has 1 heterocycles. The Bertz CT molecular complexity index is 1340. The molecule has 0 N–H and O–H groups in total. The van der Waals surface area contributed by atoms with Gasteiger partial charge in [-0.15, -0.1) is 13.2 Å². The highest BCUT2D eigenvalue weighted by atomic mass is 19.4. The topological polar surface area (TPSA) is 44.2 Å². The fourth-order valence-electron chi connectivity index (χ4n) is 3.73. The summed E-state index contributed by atoms with van der Waals surface area (Å²) >= 11 is 0. The molecule has 0 saturated heterocycles. The van der Waals surface area contributed by atoms with Crippen LogP contribution in [0.3, 0.4) is 0 Å². The van der Waals surface area contributed by atoms with Crippen LogP contribution < -0.4 is 9.47 Å². The number of unbranched alkanes of at least 4 members (excludes halogenated alkanes) is 1. The lowest BCUT2D eigenvalue weighted by atomic mass is 9.99. The Balaban J connectivity index is 1.46. The minimum Gasteiger partial charge on any atom is -0.490 e. The predicted octanol–water partition coefficient (Wildman–Crippen LogP) is 7.44. The lowest BCUT2D eigenvalue weighted by molar-refractivity contribution is -0.275. The van der Waals surface area contributed by atoms with Crippen molar-refractivity contribution in [1.29, 1.82) is 0 Å². The number of ether oxygens (including phenoxy) is 2. The van der Waals surface area contributed by atoms with E-state index < -0.39 is 23.7 Å². The summed E-state index contributed by atoms with van der Waals surface area (Å²) in [5.41, 5.74) is 1.57. The van der Waals surface area contributed by atoms with E-state index in [0.29, 0.717) is 40.1 Å². The third kappa shape index (κ3) is 6.27. The van der Waals surface area contributed by atoms with Crippen LogP contribution in [0.1, 0.15) is 30.9 Å². The van der Waals surface area contributed by atoms with Crippen LogP contribution in [0.5, 0.6) is 11.5 Å². The first kappa shape index (κ1) is 25.3. The van der Waals surface area contributed by atoms with Crippen molar-refractivity contribution in [2.24, 2.45) is 0 Å². The van der Waals surface area contributed by atoms with E-state index in [1.165, 1.54) is 6.07 Å². The van der Waals surface area contributed by atoms with E-state index >= 15 is 4.39 Å². The predicted molar refractivity (Wildman–Crippen MR) is 126 cm³/mol. The summed E-state index contributed by atoms with van der Waals surface area (Å²) in [5.74, 6) is -1.35. The van der Waals surface area contributed by atoms with Crippen LogP contribution in [0, 0.1) is 11.6 Å². The molecule has 4 aromatic rings. The zero-order valence-corrected chi connectivity index (χ0v) is 19.4. The summed E-state index contributed by atoms with van der Waals surface area (Å²) in [4.78, 5) is 8.68. The molecule has 0 aliphatic rings. The Hall–Kier alpha value is -3.75. The molecule has 4 rings (SSSR count). The quantitative estimate of drug-likeness (QED) is 0.176. The first-order chi connectivity index (χ1) is 17.2. The lowest BCUT2D eigenvalue weighted by Crippen LogP contribution is -2.18. The minimum atomic E-state index is -4.98. The molecule has 0 unspecified atom stereocenters. The standard InChI is InChI=1S/C27H23F5N2O2/c1-2-3-12-35-21-15-33-26(34-16-21)20-9-10-22-19(14-20)8-7-18(25(22)29)6-4-17-5-11-24(23(28)13-17)36-27(30,31)32/h5,7-11,13-16H,2-4,6,12H2,1H3. The van der Waals surface area contributed by atoms with Gasteiger partial charge in [-0.25, -0.2) is 18.7 Å². The number of aryl methyl sites for hydroxylation is 2. The highest BCUT2D eigenvalue weighted by Gasteiger charge is 2.32. The van der Waals surface area contributed by atoms with E-state index in [1.54, 1.807) is 42.7 Å². The van der Waals surface area contributed by atoms with Crippen LogP contribution in [-0.4, -0.2) is 22.9 Å². The Morgan fingerprint density at radius 2 is 1.67 bits per heavy atom. The van der Waals surface area contributed by atoms with Gasteiger partial charge in [0.1, 0.15) is 5.82 Å². The van der Waals surface area contributed by atoms with E-state index in [0.717, 1.165) is 30.5 Å². The van der Waals surface area contributed by atoms with Crippen LogP contribution in [-0.2, 0) is 12.8 Å². The van der Waals surface area contributed by atoms with Crippen molar-refractivity contribution in [3.8, 4) is 22.9 Å². The molecule has 0 radical (unpaired) electrons. The van der Waals surface area contributed by atoms with Gasteiger partial charge in [0.2, 0.25) is 0 Å². The van der Waals surface area contributed by atoms with E-state index in [4.69, 9.17) is 4.74 Å². The van der Waals surface area contributed by atoms with Crippen molar-refractivity contribution in [3.05, 3.63) is 83.7 Å². The molecule has 0 bridgehead atoms. The summed E-state index contributed by atoms with van der Waals surface area (Å²) in [6, 6.07) is 11.8. The van der Waals surface area contributed by atoms with Crippen LogP contribution >= 0.6 is 0 Å². The summed E-state index contributed by atoms with van der Waals surface area (Å²) in [7, 11) is 0. The van der Waals surface area contributed by atoms with Gasteiger partial charge in [0.15, 0.2) is 23.1 Å². The van der Waals surface area contributed by atoms with Gasteiger partial charge in [0.05, 0.1) is 19.0 Å². The smallest absolute Gasteiger partial charge is 0.490 e. The van der Waals surface area contributed by atoms with Gasteiger partial charge in [-0.1, -0.05) is 43.7 Å². The second-order valence-corrected chi connectivity index (χ2v) is 8.23. The molecule has 0 spiro atoms. The van der Waals surface area contributed by atoms with Crippen LogP contribution in [0.15, 0.2) is 60.9 Å². The van der Waals surface area contributed by atoms with Gasteiger partial charge in [-0.3, -0.25) is 0 Å². The summed E-state index contributed by atoms with van der Waals surface area (Å²) in [6.07, 6.45) is 0.692. The number of hydrogen-bond donors (Lipinski definition) is 0. The monoisotopic (exact) mass is 502 g/mol.